The fourth-order valence-electron chi connectivity index (χ4n) is 3.76. The molecular weight excluding hydrogens is 354 g/mol. The Hall–Kier alpha value is -3.12. The topological polar surface area (TPSA) is 74.4 Å². The zero-order valence-corrected chi connectivity index (χ0v) is 15.8. The highest BCUT2D eigenvalue weighted by molar-refractivity contribution is 5.98. The second kappa shape index (κ2) is 7.86. The normalized spacial score (nSPS) is 16.5. The summed E-state index contributed by atoms with van der Waals surface area (Å²) < 4.78 is 4.93. The van der Waals surface area contributed by atoms with Crippen molar-refractivity contribution in [1.82, 2.24) is 9.88 Å². The van der Waals surface area contributed by atoms with Crippen LogP contribution in [0.2, 0.25) is 0 Å². The fourth-order valence-corrected chi connectivity index (χ4v) is 3.76. The molecule has 1 aromatic heterocycles. The summed E-state index contributed by atoms with van der Waals surface area (Å²) in [5, 5.41) is 4.11. The summed E-state index contributed by atoms with van der Waals surface area (Å²) in [6.07, 6.45) is 1.49. The first-order valence-corrected chi connectivity index (χ1v) is 9.43. The Kier molecular flexibility index (Phi) is 5.12. The molecule has 4 rings (SSSR count). The van der Waals surface area contributed by atoms with Crippen LogP contribution in [0.15, 0.2) is 54.6 Å². The molecule has 0 saturated carbocycles. The van der Waals surface area contributed by atoms with E-state index in [-0.39, 0.29) is 18.4 Å². The van der Waals surface area contributed by atoms with Crippen LogP contribution in [0, 0.1) is 0 Å². The van der Waals surface area contributed by atoms with E-state index in [0.29, 0.717) is 18.7 Å². The molecular formula is C22H23N3O3. The van der Waals surface area contributed by atoms with Crippen LogP contribution in [-0.4, -0.2) is 48.0 Å². The van der Waals surface area contributed by atoms with Gasteiger partial charge in [-0.25, -0.2) is 0 Å². The maximum Gasteiger partial charge on any atom is 0.249 e. The zero-order chi connectivity index (χ0) is 19.5. The number of benzene rings is 2. The fraction of sp³-hybridized carbons (Fsp3) is 0.273. The Morgan fingerprint density at radius 2 is 2.04 bits per heavy atom. The van der Waals surface area contributed by atoms with Gasteiger partial charge in [0.25, 0.3) is 0 Å². The molecule has 28 heavy (non-hydrogen) atoms. The van der Waals surface area contributed by atoms with Crippen LogP contribution in [0.1, 0.15) is 12.8 Å². The van der Waals surface area contributed by atoms with Gasteiger partial charge < -0.3 is 19.9 Å². The molecule has 0 spiro atoms. The minimum Gasteiger partial charge on any atom is -0.375 e. The molecule has 1 saturated heterocycles. The molecule has 0 bridgehead atoms. The molecule has 1 atom stereocenters. The lowest BCUT2D eigenvalue weighted by Crippen LogP contribution is -2.44. The number of aromatic nitrogens is 1. The predicted octanol–water partition coefficient (Wildman–Crippen LogP) is 3.41. The minimum atomic E-state index is -0.445. The first kappa shape index (κ1) is 18.3. The molecule has 6 heteroatoms. The number of methoxy groups -OCH3 is 1. The van der Waals surface area contributed by atoms with Crippen molar-refractivity contribution in [3.05, 3.63) is 54.6 Å². The van der Waals surface area contributed by atoms with Crippen LogP contribution in [0.4, 0.5) is 5.69 Å². The third-order valence-electron chi connectivity index (χ3n) is 5.11. The van der Waals surface area contributed by atoms with Crippen molar-refractivity contribution < 1.29 is 14.3 Å². The van der Waals surface area contributed by atoms with Crippen LogP contribution < -0.4 is 5.32 Å². The summed E-state index contributed by atoms with van der Waals surface area (Å²) in [7, 11) is 1.48. The summed E-state index contributed by atoms with van der Waals surface area (Å²) in [4.78, 5) is 29.9. The lowest BCUT2D eigenvalue weighted by Gasteiger charge is -2.23. The van der Waals surface area contributed by atoms with E-state index in [1.54, 1.807) is 4.90 Å². The first-order valence-electron chi connectivity index (χ1n) is 9.43. The van der Waals surface area contributed by atoms with Crippen LogP contribution in [0.5, 0.6) is 0 Å². The van der Waals surface area contributed by atoms with E-state index in [0.717, 1.165) is 28.6 Å². The number of aromatic amines is 1. The predicted molar refractivity (Wildman–Crippen MR) is 109 cm³/mol. The molecule has 1 fully saturated rings. The number of amides is 2. The van der Waals surface area contributed by atoms with E-state index < -0.39 is 6.04 Å². The number of likely N-dealkylation sites (tertiary alicyclic amines) is 1. The van der Waals surface area contributed by atoms with Crippen molar-refractivity contribution in [2.75, 3.05) is 25.6 Å². The molecule has 2 amide bonds. The zero-order valence-electron chi connectivity index (χ0n) is 15.8. The molecule has 0 radical (unpaired) electrons. The molecule has 144 valence electrons. The maximum atomic E-state index is 12.8. The van der Waals surface area contributed by atoms with Crippen LogP contribution in [0.25, 0.3) is 22.2 Å². The van der Waals surface area contributed by atoms with E-state index in [9.17, 15) is 9.59 Å². The Bertz CT molecular complexity index is 978. The molecule has 6 nitrogen and oxygen atoms in total. The number of rotatable bonds is 5. The number of nitrogens with zero attached hydrogens (tertiary/aromatic N) is 1. The van der Waals surface area contributed by atoms with E-state index >= 15 is 0 Å². The third kappa shape index (κ3) is 3.64. The Labute approximate surface area is 163 Å². The highest BCUT2D eigenvalue weighted by atomic mass is 16.5. The number of H-pyrrole nitrogens is 1. The summed E-state index contributed by atoms with van der Waals surface area (Å²) in [5.74, 6) is -0.303. The monoisotopic (exact) mass is 377 g/mol. The summed E-state index contributed by atoms with van der Waals surface area (Å²) in [5.41, 5.74) is 3.78. The minimum absolute atomic E-state index is 0.000349. The molecule has 0 aliphatic carbocycles. The van der Waals surface area contributed by atoms with E-state index in [4.69, 9.17) is 4.74 Å². The average Bonchev–Trinajstić information content (AvgIpc) is 3.35. The van der Waals surface area contributed by atoms with E-state index in [1.165, 1.54) is 7.11 Å². The van der Waals surface area contributed by atoms with Gasteiger partial charge in [0, 0.05) is 41.5 Å². The van der Waals surface area contributed by atoms with Gasteiger partial charge in [0.15, 0.2) is 0 Å². The molecule has 2 heterocycles. The number of carbonyl (C=O) groups is 2. The average molecular weight is 377 g/mol. The van der Waals surface area contributed by atoms with Gasteiger partial charge in [0.1, 0.15) is 12.6 Å². The van der Waals surface area contributed by atoms with Crippen molar-refractivity contribution in [3.63, 3.8) is 0 Å². The maximum absolute atomic E-state index is 12.8. The SMILES string of the molecule is COCC(=O)N1CCCC1C(=O)Nc1cccc(-c2cc3ccccc3[nH]2)c1. The molecule has 2 aromatic carbocycles. The highest BCUT2D eigenvalue weighted by Crippen LogP contribution is 2.27. The number of hydrogen-bond donors (Lipinski definition) is 2. The van der Waals surface area contributed by atoms with Crippen LogP contribution in [0.3, 0.4) is 0 Å². The van der Waals surface area contributed by atoms with Gasteiger partial charge in [-0.2, -0.15) is 0 Å². The number of anilines is 1. The van der Waals surface area contributed by atoms with E-state index in [1.807, 2.05) is 42.5 Å². The van der Waals surface area contributed by atoms with Gasteiger partial charge in [0.2, 0.25) is 11.8 Å². The van der Waals surface area contributed by atoms with Crippen LogP contribution in [-0.2, 0) is 14.3 Å². The number of para-hydroxylation sites is 1. The van der Waals surface area contributed by atoms with Gasteiger partial charge in [0.05, 0.1) is 0 Å². The Morgan fingerprint density at radius 3 is 2.86 bits per heavy atom. The number of nitrogens with one attached hydrogen (secondary N) is 2. The van der Waals surface area contributed by atoms with Crippen molar-refractivity contribution >= 4 is 28.4 Å². The number of ether oxygens (including phenoxy) is 1. The number of hydrogen-bond acceptors (Lipinski definition) is 3. The summed E-state index contributed by atoms with van der Waals surface area (Å²) >= 11 is 0. The Morgan fingerprint density at radius 1 is 1.18 bits per heavy atom. The van der Waals surface area contributed by atoms with Gasteiger partial charge in [-0.05, 0) is 37.1 Å². The molecule has 1 aliphatic heterocycles. The van der Waals surface area contributed by atoms with Crippen molar-refractivity contribution in [2.45, 2.75) is 18.9 Å². The first-order chi connectivity index (χ1) is 13.7. The van der Waals surface area contributed by atoms with Crippen LogP contribution >= 0.6 is 0 Å². The van der Waals surface area contributed by atoms with Crippen molar-refractivity contribution in [1.29, 1.82) is 0 Å². The number of fused-ring (bicyclic) bond motifs is 1. The van der Waals surface area contributed by atoms with Crippen molar-refractivity contribution in [2.24, 2.45) is 0 Å². The highest BCUT2D eigenvalue weighted by Gasteiger charge is 2.33. The smallest absolute Gasteiger partial charge is 0.249 e. The largest absolute Gasteiger partial charge is 0.375 e. The lowest BCUT2D eigenvalue weighted by atomic mass is 10.1. The summed E-state index contributed by atoms with van der Waals surface area (Å²) in [6.45, 7) is 0.592. The quantitative estimate of drug-likeness (QED) is 0.716. The molecule has 3 aromatic rings. The Balaban J connectivity index is 1.51. The third-order valence-corrected chi connectivity index (χ3v) is 5.11. The molecule has 1 unspecified atom stereocenters. The molecule has 1 aliphatic rings. The standard InChI is InChI=1S/C22H23N3O3/c1-28-14-21(26)25-11-5-10-20(25)22(27)23-17-8-4-7-15(12-17)19-13-16-6-2-3-9-18(16)24-19/h2-4,6-9,12-13,20,24H,5,10-11,14H2,1H3,(H,23,27). The molecule has 2 N–H and O–H groups in total. The van der Waals surface area contributed by atoms with Crippen molar-refractivity contribution in [3.8, 4) is 11.3 Å². The van der Waals surface area contributed by atoms with Gasteiger partial charge in [-0.1, -0.05) is 30.3 Å². The lowest BCUT2D eigenvalue weighted by molar-refractivity contribution is -0.139. The summed E-state index contributed by atoms with van der Waals surface area (Å²) in [6, 6.07) is 17.5. The second-order valence-electron chi connectivity index (χ2n) is 7.02. The van der Waals surface area contributed by atoms with E-state index in [2.05, 4.69) is 22.4 Å². The second-order valence-corrected chi connectivity index (χ2v) is 7.02. The number of carbonyl (C=O) groups excluding carboxylic acids is 2. The van der Waals surface area contributed by atoms with Gasteiger partial charge in [-0.15, -0.1) is 0 Å². The van der Waals surface area contributed by atoms with Gasteiger partial charge >= 0.3 is 0 Å². The van der Waals surface area contributed by atoms with Gasteiger partial charge in [-0.3, -0.25) is 9.59 Å².